The van der Waals surface area contributed by atoms with E-state index < -0.39 is 5.92 Å². The number of carbonyl (C=O) groups is 1. The number of nitrogens with zero attached hydrogens (tertiary/aromatic N) is 3. The predicted molar refractivity (Wildman–Crippen MR) is 144 cm³/mol. The molecule has 2 aromatic carbocycles. The maximum atomic E-state index is 13.5. The zero-order chi connectivity index (χ0) is 26.1. The molecule has 0 bridgehead atoms. The van der Waals surface area contributed by atoms with E-state index in [2.05, 4.69) is 23.2 Å². The molecule has 2 N–H and O–H groups in total. The van der Waals surface area contributed by atoms with Crippen LogP contribution in [0.15, 0.2) is 88.5 Å². The fourth-order valence-electron chi connectivity index (χ4n) is 5.28. The first-order valence-electron chi connectivity index (χ1n) is 12.2. The summed E-state index contributed by atoms with van der Waals surface area (Å²) in [7, 11) is 0. The van der Waals surface area contributed by atoms with Gasteiger partial charge in [0.2, 0.25) is 0 Å². The maximum absolute atomic E-state index is 13.5. The molecule has 1 unspecified atom stereocenters. The minimum Gasteiger partial charge on any atom is -0.384 e. The Labute approximate surface area is 220 Å². The van der Waals surface area contributed by atoms with Gasteiger partial charge in [-0.25, -0.2) is 4.39 Å². The van der Waals surface area contributed by atoms with Crippen LogP contribution in [0, 0.1) is 31.0 Å². The molecule has 5 nitrogen and oxygen atoms in total. The average molecular weight is 511 g/mol. The van der Waals surface area contributed by atoms with Crippen molar-refractivity contribution in [2.24, 2.45) is 5.73 Å². The second-order valence-electron chi connectivity index (χ2n) is 9.41. The lowest BCUT2D eigenvalue weighted by Gasteiger charge is -2.40. The van der Waals surface area contributed by atoms with Gasteiger partial charge in [0.05, 0.1) is 29.4 Å². The molecule has 2 heterocycles. The number of nitrogens with two attached hydrogens (primary N) is 1. The number of hydrogen-bond donors (Lipinski definition) is 1. The second kappa shape index (κ2) is 10.2. The van der Waals surface area contributed by atoms with Gasteiger partial charge in [-0.3, -0.25) is 14.7 Å². The zero-order valence-corrected chi connectivity index (χ0v) is 21.6. The summed E-state index contributed by atoms with van der Waals surface area (Å²) in [6, 6.07) is 16.7. The summed E-state index contributed by atoms with van der Waals surface area (Å²) >= 11 is 1.63. The Morgan fingerprint density at radius 1 is 1.19 bits per heavy atom. The number of nitriles is 1. The van der Waals surface area contributed by atoms with Crippen molar-refractivity contribution in [3.63, 3.8) is 0 Å². The number of aromatic nitrogens is 1. The molecule has 0 saturated heterocycles. The molecule has 1 atom stereocenters. The SMILES string of the molecule is Cc1cc(CSc2ccc(F)cc2)c(C)c(C2C(C#N)=C(N)N(c3cccnc3)C3=C2C(=O)CCC3)c1. The quantitative estimate of drug-likeness (QED) is 0.398. The molecule has 1 aliphatic heterocycles. The van der Waals surface area contributed by atoms with Gasteiger partial charge in [0.1, 0.15) is 11.6 Å². The first kappa shape index (κ1) is 24.8. The molecule has 0 fully saturated rings. The molecule has 3 aromatic rings. The average Bonchev–Trinajstić information content (AvgIpc) is 2.90. The fraction of sp³-hybridized carbons (Fsp3) is 0.233. The number of aryl methyl sites for hydroxylation is 1. The van der Waals surface area contributed by atoms with E-state index in [1.165, 1.54) is 12.1 Å². The standard InChI is InChI=1S/C30H27FN4OS/c1-18-13-20(17-37-23-10-8-21(31)9-11-23)19(2)24(14-18)28-25(15-32)30(33)35(22-5-4-12-34-16-22)26-6-3-7-27(36)29(26)28/h4-5,8-14,16,28H,3,6-7,17,33H2,1-2H3. The highest BCUT2D eigenvalue weighted by atomic mass is 32.2. The number of thioether (sulfide) groups is 1. The Hall–Kier alpha value is -3.89. The van der Waals surface area contributed by atoms with Crippen molar-refractivity contribution in [3.8, 4) is 6.07 Å². The largest absolute Gasteiger partial charge is 0.384 e. The number of allylic oxidation sites excluding steroid dienone is 3. The van der Waals surface area contributed by atoms with Gasteiger partial charge in [-0.1, -0.05) is 17.7 Å². The molecule has 0 amide bonds. The summed E-state index contributed by atoms with van der Waals surface area (Å²) in [6.45, 7) is 4.07. The molecule has 186 valence electrons. The highest BCUT2D eigenvalue weighted by Gasteiger charge is 2.41. The number of hydrogen-bond acceptors (Lipinski definition) is 6. The second-order valence-corrected chi connectivity index (χ2v) is 10.5. The van der Waals surface area contributed by atoms with Crippen LogP contribution in [-0.4, -0.2) is 10.8 Å². The third kappa shape index (κ3) is 4.65. The number of benzene rings is 2. The topological polar surface area (TPSA) is 83.0 Å². The van der Waals surface area contributed by atoms with Crippen LogP contribution in [0.1, 0.15) is 47.4 Å². The molecular formula is C30H27FN4OS. The smallest absolute Gasteiger partial charge is 0.161 e. The van der Waals surface area contributed by atoms with E-state index in [9.17, 15) is 14.4 Å². The van der Waals surface area contributed by atoms with Gasteiger partial charge in [0.15, 0.2) is 5.78 Å². The van der Waals surface area contributed by atoms with Gasteiger partial charge in [-0.15, -0.1) is 11.8 Å². The highest BCUT2D eigenvalue weighted by Crippen LogP contribution is 2.47. The molecule has 1 aromatic heterocycles. The van der Waals surface area contributed by atoms with Gasteiger partial charge in [-0.05, 0) is 79.8 Å². The summed E-state index contributed by atoms with van der Waals surface area (Å²) < 4.78 is 13.3. The Morgan fingerprint density at radius 3 is 2.68 bits per heavy atom. The van der Waals surface area contributed by atoms with Crippen LogP contribution in [0.2, 0.25) is 0 Å². The molecule has 0 spiro atoms. The van der Waals surface area contributed by atoms with Gasteiger partial charge in [0, 0.05) is 34.5 Å². The van der Waals surface area contributed by atoms with Crippen molar-refractivity contribution in [2.75, 3.05) is 4.90 Å². The lowest BCUT2D eigenvalue weighted by Crippen LogP contribution is -2.39. The van der Waals surface area contributed by atoms with Crippen LogP contribution in [0.5, 0.6) is 0 Å². The summed E-state index contributed by atoms with van der Waals surface area (Å²) in [6.07, 6.45) is 5.28. The molecule has 0 radical (unpaired) electrons. The van der Waals surface area contributed by atoms with Crippen molar-refractivity contribution in [3.05, 3.63) is 112 Å². The summed E-state index contributed by atoms with van der Waals surface area (Å²) in [5.41, 5.74) is 13.5. The van der Waals surface area contributed by atoms with Crippen molar-refractivity contribution >= 4 is 23.2 Å². The number of rotatable bonds is 5. The minimum atomic E-state index is -0.518. The molecule has 5 rings (SSSR count). The molecule has 7 heteroatoms. The summed E-state index contributed by atoms with van der Waals surface area (Å²) in [5, 5.41) is 10.3. The number of anilines is 1. The first-order chi connectivity index (χ1) is 17.9. The number of halogens is 1. The van der Waals surface area contributed by atoms with Crippen LogP contribution in [0.3, 0.4) is 0 Å². The normalized spacial score (nSPS) is 17.6. The van der Waals surface area contributed by atoms with Crippen LogP contribution < -0.4 is 10.6 Å². The minimum absolute atomic E-state index is 0.0588. The molecule has 1 aliphatic carbocycles. The van der Waals surface area contributed by atoms with Crippen molar-refractivity contribution in [1.29, 1.82) is 5.26 Å². The van der Waals surface area contributed by atoms with Gasteiger partial charge >= 0.3 is 0 Å². The molecule has 0 saturated carbocycles. The number of pyridine rings is 1. The Bertz CT molecular complexity index is 1470. The van der Waals surface area contributed by atoms with Crippen molar-refractivity contribution in [1.82, 2.24) is 4.98 Å². The monoisotopic (exact) mass is 510 g/mol. The van der Waals surface area contributed by atoms with E-state index in [1.54, 1.807) is 36.3 Å². The highest BCUT2D eigenvalue weighted by molar-refractivity contribution is 7.98. The fourth-order valence-corrected chi connectivity index (χ4v) is 6.23. The lowest BCUT2D eigenvalue weighted by atomic mass is 9.74. The molecule has 37 heavy (non-hydrogen) atoms. The van der Waals surface area contributed by atoms with Crippen molar-refractivity contribution in [2.45, 2.75) is 49.7 Å². The lowest BCUT2D eigenvalue weighted by molar-refractivity contribution is -0.116. The predicted octanol–water partition coefficient (Wildman–Crippen LogP) is 6.43. The van der Waals surface area contributed by atoms with Gasteiger partial charge in [-0.2, -0.15) is 5.26 Å². The van der Waals surface area contributed by atoms with Crippen LogP contribution >= 0.6 is 11.8 Å². The van der Waals surface area contributed by atoms with E-state index in [0.29, 0.717) is 35.6 Å². The number of Topliss-reactive ketones (excluding diaryl/α,β-unsaturated/α-hetero) is 1. The first-order valence-corrected chi connectivity index (χ1v) is 13.2. The summed E-state index contributed by atoms with van der Waals surface area (Å²) in [4.78, 5) is 20.5. The third-order valence-electron chi connectivity index (χ3n) is 7.04. The zero-order valence-electron chi connectivity index (χ0n) is 20.8. The summed E-state index contributed by atoms with van der Waals surface area (Å²) in [5.74, 6) is 0.309. The maximum Gasteiger partial charge on any atom is 0.161 e. The van der Waals surface area contributed by atoms with Crippen LogP contribution in [0.25, 0.3) is 0 Å². The van der Waals surface area contributed by atoms with E-state index in [1.807, 2.05) is 30.9 Å². The van der Waals surface area contributed by atoms with Crippen LogP contribution in [0.4, 0.5) is 10.1 Å². The molecule has 2 aliphatic rings. The van der Waals surface area contributed by atoms with E-state index >= 15 is 0 Å². The Balaban J connectivity index is 1.62. The number of ketones is 1. The van der Waals surface area contributed by atoms with E-state index in [4.69, 9.17) is 5.73 Å². The van der Waals surface area contributed by atoms with E-state index in [-0.39, 0.29) is 11.6 Å². The van der Waals surface area contributed by atoms with E-state index in [0.717, 1.165) is 45.0 Å². The van der Waals surface area contributed by atoms with Crippen LogP contribution in [-0.2, 0) is 10.5 Å². The Kier molecular flexibility index (Phi) is 6.86. The van der Waals surface area contributed by atoms with Gasteiger partial charge < -0.3 is 5.73 Å². The Morgan fingerprint density at radius 2 is 1.97 bits per heavy atom. The third-order valence-corrected chi connectivity index (χ3v) is 8.10. The number of carbonyl (C=O) groups excluding carboxylic acids is 1. The molecular weight excluding hydrogens is 483 g/mol. The van der Waals surface area contributed by atoms with Gasteiger partial charge in [0.25, 0.3) is 0 Å². The van der Waals surface area contributed by atoms with Crippen molar-refractivity contribution < 1.29 is 9.18 Å².